The highest BCUT2D eigenvalue weighted by atomic mass is 15.4. The maximum Gasteiger partial charge on any atom is 0.129 e. The van der Waals surface area contributed by atoms with Crippen molar-refractivity contribution < 1.29 is 0 Å². The van der Waals surface area contributed by atoms with E-state index in [2.05, 4.69) is 59.7 Å². The van der Waals surface area contributed by atoms with Crippen LogP contribution in [0, 0.1) is 20.8 Å². The Bertz CT molecular complexity index is 979. The average Bonchev–Trinajstić information content (AvgIpc) is 3.10. The highest BCUT2D eigenvalue weighted by molar-refractivity contribution is 5.86. The van der Waals surface area contributed by atoms with Crippen molar-refractivity contribution in [1.82, 2.24) is 14.8 Å². The SMILES string of the molecule is Cc1cc(C)n(C2CN(c3cc(C)c4cc5c(cc4n3)CCC5)C2)n1. The second-order valence-electron chi connectivity index (χ2n) is 7.72. The van der Waals surface area contributed by atoms with E-state index < -0.39 is 0 Å². The Labute approximate surface area is 148 Å². The van der Waals surface area contributed by atoms with Crippen LogP contribution in [0.25, 0.3) is 10.9 Å². The van der Waals surface area contributed by atoms with E-state index in [1.165, 1.54) is 47.0 Å². The lowest BCUT2D eigenvalue weighted by atomic mass is 10.0. The van der Waals surface area contributed by atoms with Crippen LogP contribution in [0.2, 0.25) is 0 Å². The fraction of sp³-hybridized carbons (Fsp3) is 0.429. The molecule has 3 aromatic rings. The number of fused-ring (bicyclic) bond motifs is 2. The zero-order valence-corrected chi connectivity index (χ0v) is 15.2. The fourth-order valence-electron chi connectivity index (χ4n) is 4.42. The highest BCUT2D eigenvalue weighted by Crippen LogP contribution is 2.33. The standard InChI is InChI=1S/C21H24N4/c1-13-7-21(22-20-10-17-6-4-5-16(17)9-19(13)20)24-11-18(12-24)25-15(3)8-14(2)23-25/h7-10,18H,4-6,11-12H2,1-3H3. The first-order valence-electron chi connectivity index (χ1n) is 9.29. The Kier molecular flexibility index (Phi) is 3.18. The van der Waals surface area contributed by atoms with Gasteiger partial charge in [0, 0.05) is 24.2 Å². The molecule has 1 saturated heterocycles. The van der Waals surface area contributed by atoms with Crippen LogP contribution in [0.5, 0.6) is 0 Å². The summed E-state index contributed by atoms with van der Waals surface area (Å²) >= 11 is 0. The molecule has 0 radical (unpaired) electrons. The van der Waals surface area contributed by atoms with E-state index in [4.69, 9.17) is 4.98 Å². The first kappa shape index (κ1) is 14.9. The maximum absolute atomic E-state index is 4.99. The van der Waals surface area contributed by atoms with Gasteiger partial charge in [-0.1, -0.05) is 0 Å². The van der Waals surface area contributed by atoms with Gasteiger partial charge in [-0.05, 0) is 81.0 Å². The van der Waals surface area contributed by atoms with Crippen molar-refractivity contribution in [3.05, 3.63) is 52.3 Å². The molecule has 2 aromatic heterocycles. The molecule has 1 fully saturated rings. The zero-order chi connectivity index (χ0) is 17.1. The van der Waals surface area contributed by atoms with Crippen LogP contribution in [-0.2, 0) is 12.8 Å². The minimum absolute atomic E-state index is 0.464. The van der Waals surface area contributed by atoms with Gasteiger partial charge in [0.15, 0.2) is 0 Å². The molecule has 1 aromatic carbocycles. The Balaban J connectivity index is 1.44. The molecule has 0 atom stereocenters. The molecule has 25 heavy (non-hydrogen) atoms. The van der Waals surface area contributed by atoms with Crippen molar-refractivity contribution in [3.63, 3.8) is 0 Å². The second kappa shape index (κ2) is 5.32. The molecule has 0 unspecified atom stereocenters. The van der Waals surface area contributed by atoms with Crippen molar-refractivity contribution in [2.45, 2.75) is 46.1 Å². The van der Waals surface area contributed by atoms with Crippen molar-refractivity contribution in [2.24, 2.45) is 0 Å². The van der Waals surface area contributed by atoms with E-state index in [-0.39, 0.29) is 0 Å². The summed E-state index contributed by atoms with van der Waals surface area (Å²) in [4.78, 5) is 7.36. The van der Waals surface area contributed by atoms with E-state index in [9.17, 15) is 0 Å². The quantitative estimate of drug-likeness (QED) is 0.713. The lowest BCUT2D eigenvalue weighted by molar-refractivity contribution is 0.359. The summed E-state index contributed by atoms with van der Waals surface area (Å²) in [6, 6.07) is 9.57. The van der Waals surface area contributed by atoms with Gasteiger partial charge in [0.1, 0.15) is 5.82 Å². The van der Waals surface area contributed by atoms with Gasteiger partial charge in [0.2, 0.25) is 0 Å². The van der Waals surface area contributed by atoms with Crippen LogP contribution in [0.1, 0.15) is 40.5 Å². The van der Waals surface area contributed by atoms with Gasteiger partial charge < -0.3 is 4.90 Å². The number of hydrogen-bond acceptors (Lipinski definition) is 3. The van der Waals surface area contributed by atoms with Crippen LogP contribution >= 0.6 is 0 Å². The van der Waals surface area contributed by atoms with E-state index in [0.29, 0.717) is 6.04 Å². The molecule has 0 saturated carbocycles. The minimum atomic E-state index is 0.464. The lowest BCUT2D eigenvalue weighted by Gasteiger charge is -2.40. The van der Waals surface area contributed by atoms with Crippen LogP contribution in [0.4, 0.5) is 5.82 Å². The third-order valence-electron chi connectivity index (χ3n) is 5.79. The Morgan fingerprint density at radius 1 is 0.960 bits per heavy atom. The largest absolute Gasteiger partial charge is 0.352 e. The molecule has 0 N–H and O–H groups in total. The molecule has 4 heteroatoms. The monoisotopic (exact) mass is 332 g/mol. The summed E-state index contributed by atoms with van der Waals surface area (Å²) in [7, 11) is 0. The van der Waals surface area contributed by atoms with E-state index in [1.807, 2.05) is 0 Å². The molecular weight excluding hydrogens is 308 g/mol. The summed E-state index contributed by atoms with van der Waals surface area (Å²) in [6.07, 6.45) is 3.72. The fourth-order valence-corrected chi connectivity index (χ4v) is 4.42. The van der Waals surface area contributed by atoms with Crippen molar-refractivity contribution in [3.8, 4) is 0 Å². The predicted octanol–water partition coefficient (Wildman–Crippen LogP) is 3.91. The number of benzene rings is 1. The topological polar surface area (TPSA) is 34.0 Å². The normalized spacial score (nSPS) is 17.2. The number of aryl methyl sites for hydroxylation is 5. The summed E-state index contributed by atoms with van der Waals surface area (Å²) < 4.78 is 2.17. The van der Waals surface area contributed by atoms with Gasteiger partial charge >= 0.3 is 0 Å². The molecule has 4 nitrogen and oxygen atoms in total. The van der Waals surface area contributed by atoms with Gasteiger partial charge in [-0.25, -0.2) is 4.98 Å². The zero-order valence-electron chi connectivity index (χ0n) is 15.2. The van der Waals surface area contributed by atoms with Crippen molar-refractivity contribution >= 4 is 16.7 Å². The molecule has 1 aliphatic heterocycles. The Morgan fingerprint density at radius 3 is 2.44 bits per heavy atom. The molecule has 0 amide bonds. The molecule has 1 aliphatic carbocycles. The maximum atomic E-state index is 4.99. The van der Waals surface area contributed by atoms with E-state index in [1.54, 1.807) is 0 Å². The first-order valence-corrected chi connectivity index (χ1v) is 9.29. The molecule has 2 aliphatic rings. The van der Waals surface area contributed by atoms with Crippen LogP contribution in [-0.4, -0.2) is 27.9 Å². The molecule has 5 rings (SSSR count). The number of nitrogens with zero attached hydrogens (tertiary/aromatic N) is 4. The van der Waals surface area contributed by atoms with Gasteiger partial charge in [-0.2, -0.15) is 5.10 Å². The first-order chi connectivity index (χ1) is 12.1. The molecular formula is C21H24N4. The third-order valence-corrected chi connectivity index (χ3v) is 5.79. The number of hydrogen-bond donors (Lipinski definition) is 0. The smallest absolute Gasteiger partial charge is 0.129 e. The van der Waals surface area contributed by atoms with Crippen LogP contribution in [0.3, 0.4) is 0 Å². The van der Waals surface area contributed by atoms with Crippen LogP contribution in [0.15, 0.2) is 24.3 Å². The van der Waals surface area contributed by atoms with E-state index >= 15 is 0 Å². The van der Waals surface area contributed by atoms with E-state index in [0.717, 1.165) is 30.1 Å². The predicted molar refractivity (Wildman–Crippen MR) is 101 cm³/mol. The van der Waals surface area contributed by atoms with Crippen molar-refractivity contribution in [2.75, 3.05) is 18.0 Å². The Morgan fingerprint density at radius 2 is 1.72 bits per heavy atom. The lowest BCUT2D eigenvalue weighted by Crippen LogP contribution is -2.48. The summed E-state index contributed by atoms with van der Waals surface area (Å²) in [5.74, 6) is 1.11. The number of aromatic nitrogens is 3. The average molecular weight is 332 g/mol. The highest BCUT2D eigenvalue weighted by Gasteiger charge is 2.31. The van der Waals surface area contributed by atoms with Crippen molar-refractivity contribution in [1.29, 1.82) is 0 Å². The number of anilines is 1. The molecule has 128 valence electrons. The Hall–Kier alpha value is -2.36. The summed E-state index contributed by atoms with van der Waals surface area (Å²) in [5.41, 5.74) is 7.87. The van der Waals surface area contributed by atoms with Gasteiger partial charge in [0.05, 0.1) is 17.3 Å². The molecule has 0 bridgehead atoms. The van der Waals surface area contributed by atoms with Gasteiger partial charge in [0.25, 0.3) is 0 Å². The van der Waals surface area contributed by atoms with Gasteiger partial charge in [-0.3, -0.25) is 4.68 Å². The summed E-state index contributed by atoms with van der Waals surface area (Å²) in [6.45, 7) is 8.40. The molecule has 0 spiro atoms. The summed E-state index contributed by atoms with van der Waals surface area (Å²) in [5, 5.41) is 5.96. The second-order valence-corrected chi connectivity index (χ2v) is 7.72. The van der Waals surface area contributed by atoms with Gasteiger partial charge in [-0.15, -0.1) is 0 Å². The van der Waals surface area contributed by atoms with Crippen LogP contribution < -0.4 is 4.90 Å². The number of rotatable bonds is 2. The third kappa shape index (κ3) is 2.35. The minimum Gasteiger partial charge on any atom is -0.352 e. The number of pyridine rings is 1. The molecule has 3 heterocycles.